The number of β-amino-alcohol motifs (C(OH)–C–C–N with tert-alkyl or cyclic N) is 1. The molecular formula is C35H36Cl2FN3O5. The number of fused-ring (bicyclic) bond motifs is 2. The minimum absolute atomic E-state index is 0.117. The Morgan fingerprint density at radius 1 is 1.07 bits per heavy atom. The number of rotatable bonds is 7. The van der Waals surface area contributed by atoms with Gasteiger partial charge in [-0.3, -0.25) is 14.4 Å². The average Bonchev–Trinajstić information content (AvgIpc) is 3.58. The smallest absolute Gasteiger partial charge is 0.266 e. The largest absolute Gasteiger partial charge is 0.477 e. The van der Waals surface area contributed by atoms with Crippen LogP contribution in [0.2, 0.25) is 10.0 Å². The summed E-state index contributed by atoms with van der Waals surface area (Å²) in [7, 11) is 0. The number of aryl methyl sites for hydroxylation is 1. The molecule has 3 amide bonds. The van der Waals surface area contributed by atoms with Crippen molar-refractivity contribution < 1.29 is 28.6 Å². The normalized spacial score (nSPS) is 24.2. The van der Waals surface area contributed by atoms with E-state index in [0.29, 0.717) is 69.5 Å². The molecule has 6 rings (SSSR count). The number of hydrogen-bond acceptors (Lipinski definition) is 5. The van der Waals surface area contributed by atoms with E-state index >= 15 is 0 Å². The number of aliphatic hydroxyl groups is 1. The van der Waals surface area contributed by atoms with Crippen molar-refractivity contribution in [2.45, 2.75) is 75.5 Å². The van der Waals surface area contributed by atoms with E-state index in [0.717, 1.165) is 0 Å². The number of aliphatic hydroxyl groups excluding tert-OH is 1. The van der Waals surface area contributed by atoms with Gasteiger partial charge in [0.2, 0.25) is 11.8 Å². The van der Waals surface area contributed by atoms with Gasteiger partial charge in [-0.2, -0.15) is 0 Å². The van der Waals surface area contributed by atoms with Gasteiger partial charge in [-0.25, -0.2) is 4.39 Å². The van der Waals surface area contributed by atoms with Gasteiger partial charge in [-0.05, 0) is 85.3 Å². The van der Waals surface area contributed by atoms with Crippen molar-refractivity contribution >= 4 is 46.6 Å². The molecule has 3 N–H and O–H groups in total. The summed E-state index contributed by atoms with van der Waals surface area (Å²) in [6, 6.07) is 13.4. The molecule has 46 heavy (non-hydrogen) atoms. The number of nitrogens with one attached hydrogen (secondary N) is 2. The van der Waals surface area contributed by atoms with Crippen molar-refractivity contribution in [2.75, 3.05) is 18.4 Å². The molecule has 3 aromatic carbocycles. The third-order valence-electron chi connectivity index (χ3n) is 9.94. The lowest BCUT2D eigenvalue weighted by atomic mass is 9.59. The zero-order valence-corrected chi connectivity index (χ0v) is 27.3. The second-order valence-electron chi connectivity index (χ2n) is 12.5. The molecule has 0 saturated carbocycles. The summed E-state index contributed by atoms with van der Waals surface area (Å²) in [5.74, 6) is -2.02. The minimum atomic E-state index is -1.47. The molecule has 0 bridgehead atoms. The molecule has 1 spiro atoms. The number of likely N-dealkylation sites (tertiary alicyclic amines) is 1. The molecule has 3 aliphatic heterocycles. The van der Waals surface area contributed by atoms with Crippen LogP contribution < -0.4 is 15.4 Å². The molecule has 3 aliphatic rings. The van der Waals surface area contributed by atoms with E-state index in [9.17, 15) is 23.9 Å². The standard InChI is InChI=1S/C35H36Cl2FN3O5/c1-4-34(5-2,33(45)41-13-12-23(42)18-41)46-29-11-8-20(36)14-25(29)27-17-30(43)40-31(24-16-22(38)9-6-19(24)3)35(27)26-10-7-21(37)15-28(26)39-32(35)44/h6-11,14-16,23,27,31,42H,4-5,12-13,17-18H2,1-3H3,(H,39,44)(H,40,43)/t23-,27-,31+,35-/m1/s1. The van der Waals surface area contributed by atoms with Gasteiger partial charge in [0, 0.05) is 46.7 Å². The van der Waals surface area contributed by atoms with Crippen LogP contribution in [-0.2, 0) is 19.8 Å². The third-order valence-corrected chi connectivity index (χ3v) is 10.4. The molecule has 0 radical (unpaired) electrons. The lowest BCUT2D eigenvalue weighted by Crippen LogP contribution is -2.57. The van der Waals surface area contributed by atoms with Gasteiger partial charge < -0.3 is 25.4 Å². The number of piperidine rings is 1. The Morgan fingerprint density at radius 3 is 2.48 bits per heavy atom. The first kappa shape index (κ1) is 32.3. The van der Waals surface area contributed by atoms with Crippen LogP contribution in [0.3, 0.4) is 0 Å². The number of nitrogens with zero attached hydrogens (tertiary/aromatic N) is 1. The Labute approximate surface area is 277 Å². The molecule has 3 heterocycles. The van der Waals surface area contributed by atoms with Crippen LogP contribution in [0, 0.1) is 12.7 Å². The first-order valence-electron chi connectivity index (χ1n) is 15.6. The highest BCUT2D eigenvalue weighted by molar-refractivity contribution is 6.31. The van der Waals surface area contributed by atoms with Crippen molar-refractivity contribution in [1.29, 1.82) is 0 Å². The zero-order valence-electron chi connectivity index (χ0n) is 25.8. The lowest BCUT2D eigenvalue weighted by molar-refractivity contribution is -0.148. The average molecular weight is 669 g/mol. The van der Waals surface area contributed by atoms with Crippen LogP contribution in [0.25, 0.3) is 0 Å². The van der Waals surface area contributed by atoms with E-state index in [1.807, 2.05) is 13.8 Å². The maximum absolute atomic E-state index is 14.8. The van der Waals surface area contributed by atoms with Crippen LogP contribution in [0.4, 0.5) is 10.1 Å². The van der Waals surface area contributed by atoms with E-state index in [1.165, 1.54) is 12.1 Å². The van der Waals surface area contributed by atoms with E-state index in [-0.39, 0.29) is 24.8 Å². The van der Waals surface area contributed by atoms with Crippen LogP contribution in [0.15, 0.2) is 54.6 Å². The molecule has 2 fully saturated rings. The number of ether oxygens (including phenoxy) is 1. The molecule has 0 unspecified atom stereocenters. The minimum Gasteiger partial charge on any atom is -0.477 e. The first-order valence-corrected chi connectivity index (χ1v) is 16.3. The summed E-state index contributed by atoms with van der Waals surface area (Å²) in [5, 5.41) is 16.9. The second kappa shape index (κ2) is 12.2. The number of anilines is 1. The van der Waals surface area contributed by atoms with Gasteiger partial charge >= 0.3 is 0 Å². The molecule has 8 nitrogen and oxygen atoms in total. The van der Waals surface area contributed by atoms with Crippen molar-refractivity contribution in [2.24, 2.45) is 0 Å². The van der Waals surface area contributed by atoms with Crippen LogP contribution in [-0.4, -0.2) is 52.5 Å². The number of carbonyl (C=O) groups excluding carboxylic acids is 3. The number of halogens is 3. The summed E-state index contributed by atoms with van der Waals surface area (Å²) in [4.78, 5) is 43.8. The van der Waals surface area contributed by atoms with Gasteiger partial charge in [-0.1, -0.05) is 49.2 Å². The van der Waals surface area contributed by atoms with E-state index in [4.69, 9.17) is 27.9 Å². The highest BCUT2D eigenvalue weighted by Crippen LogP contribution is 2.59. The van der Waals surface area contributed by atoms with Crippen molar-refractivity contribution in [3.05, 3.63) is 92.7 Å². The van der Waals surface area contributed by atoms with Crippen molar-refractivity contribution in [3.8, 4) is 5.75 Å². The molecular weight excluding hydrogens is 632 g/mol. The SMILES string of the molecule is CCC(CC)(Oc1ccc(Cl)cc1[C@H]1CC(=O)N[C@@H](c2cc(F)ccc2C)[C@]12C(=O)Nc1cc(Cl)ccc12)C(=O)N1CC[C@@H](O)C1. The van der Waals surface area contributed by atoms with Gasteiger partial charge in [0.1, 0.15) is 17.0 Å². The fourth-order valence-corrected chi connectivity index (χ4v) is 7.85. The van der Waals surface area contributed by atoms with Gasteiger partial charge in [0.15, 0.2) is 5.60 Å². The first-order chi connectivity index (χ1) is 21.9. The molecule has 0 aliphatic carbocycles. The number of hydrogen-bond donors (Lipinski definition) is 3. The van der Waals surface area contributed by atoms with Crippen LogP contribution >= 0.6 is 23.2 Å². The highest BCUT2D eigenvalue weighted by atomic mass is 35.5. The number of carbonyl (C=O) groups is 3. The number of amides is 3. The van der Waals surface area contributed by atoms with Gasteiger partial charge in [0.05, 0.1) is 12.1 Å². The van der Waals surface area contributed by atoms with Crippen LogP contribution in [0.1, 0.15) is 73.7 Å². The monoisotopic (exact) mass is 667 g/mol. The summed E-state index contributed by atoms with van der Waals surface area (Å²) < 4.78 is 21.6. The molecule has 3 aromatic rings. The number of benzene rings is 3. The molecule has 4 atom stereocenters. The van der Waals surface area contributed by atoms with E-state index in [1.54, 1.807) is 54.3 Å². The van der Waals surface area contributed by atoms with Crippen molar-refractivity contribution in [3.63, 3.8) is 0 Å². The van der Waals surface area contributed by atoms with Gasteiger partial charge in [-0.15, -0.1) is 0 Å². The Morgan fingerprint density at radius 2 is 1.78 bits per heavy atom. The molecule has 242 valence electrons. The summed E-state index contributed by atoms with van der Waals surface area (Å²) in [6.45, 7) is 6.17. The fourth-order valence-electron chi connectivity index (χ4n) is 7.49. The van der Waals surface area contributed by atoms with Crippen LogP contribution in [0.5, 0.6) is 5.75 Å². The molecule has 0 aromatic heterocycles. The zero-order chi connectivity index (χ0) is 33.0. The second-order valence-corrected chi connectivity index (χ2v) is 13.3. The maximum Gasteiger partial charge on any atom is 0.266 e. The summed E-state index contributed by atoms with van der Waals surface area (Å²) in [5.41, 5.74) is -0.0522. The summed E-state index contributed by atoms with van der Waals surface area (Å²) in [6.07, 6.45) is 0.440. The fraction of sp³-hybridized carbons (Fsp3) is 0.400. The van der Waals surface area contributed by atoms with Gasteiger partial charge in [0.25, 0.3) is 5.91 Å². The van der Waals surface area contributed by atoms with E-state index < -0.39 is 40.8 Å². The third kappa shape index (κ3) is 5.22. The lowest BCUT2D eigenvalue weighted by Gasteiger charge is -2.47. The Hall–Kier alpha value is -3.66. The molecule has 11 heteroatoms. The Kier molecular flexibility index (Phi) is 8.54. The Bertz CT molecular complexity index is 1730. The van der Waals surface area contributed by atoms with Crippen molar-refractivity contribution in [1.82, 2.24) is 10.2 Å². The quantitative estimate of drug-likeness (QED) is 0.278. The topological polar surface area (TPSA) is 108 Å². The maximum atomic E-state index is 14.8. The summed E-state index contributed by atoms with van der Waals surface area (Å²) >= 11 is 13.0. The Balaban J connectivity index is 1.56. The highest BCUT2D eigenvalue weighted by Gasteiger charge is 2.62. The predicted octanol–water partition coefficient (Wildman–Crippen LogP) is 6.21. The molecule has 2 saturated heterocycles. The predicted molar refractivity (Wildman–Crippen MR) is 174 cm³/mol. The van der Waals surface area contributed by atoms with E-state index in [2.05, 4.69) is 10.6 Å².